The topological polar surface area (TPSA) is 84.9 Å². The molecular formula is C26H36N2O5S. The Morgan fingerprint density at radius 2 is 1.59 bits per heavy atom. The molecule has 2 aromatic rings. The molecule has 7 nitrogen and oxygen atoms in total. The summed E-state index contributed by atoms with van der Waals surface area (Å²) in [6.45, 7) is -0.0290. The Balaban J connectivity index is 1.79. The monoisotopic (exact) mass is 488 g/mol. The Morgan fingerprint density at radius 3 is 2.24 bits per heavy atom. The highest BCUT2D eigenvalue weighted by Crippen LogP contribution is 2.30. The minimum absolute atomic E-state index is 0.0666. The molecule has 0 bridgehead atoms. The molecule has 34 heavy (non-hydrogen) atoms. The number of rotatable bonds is 10. The zero-order valence-electron chi connectivity index (χ0n) is 20.2. The molecule has 0 radical (unpaired) electrons. The van der Waals surface area contributed by atoms with Crippen molar-refractivity contribution in [2.75, 3.05) is 27.3 Å². The van der Waals surface area contributed by atoms with Gasteiger partial charge in [-0.1, -0.05) is 62.4 Å². The van der Waals surface area contributed by atoms with E-state index >= 15 is 0 Å². The molecule has 1 amide bonds. The van der Waals surface area contributed by atoms with Crippen molar-refractivity contribution in [3.8, 4) is 11.5 Å². The average Bonchev–Trinajstić information content (AvgIpc) is 2.83. The van der Waals surface area contributed by atoms with Crippen LogP contribution in [-0.4, -0.2) is 52.0 Å². The fourth-order valence-electron chi connectivity index (χ4n) is 4.34. The fourth-order valence-corrected chi connectivity index (χ4v) is 5.76. The van der Waals surface area contributed by atoms with Crippen LogP contribution in [0.25, 0.3) is 0 Å². The van der Waals surface area contributed by atoms with Gasteiger partial charge in [0.1, 0.15) is 0 Å². The summed E-state index contributed by atoms with van der Waals surface area (Å²) in [6, 6.07) is 14.3. The third-order valence-electron chi connectivity index (χ3n) is 6.28. The molecule has 1 saturated carbocycles. The van der Waals surface area contributed by atoms with E-state index in [2.05, 4.69) is 5.32 Å². The van der Waals surface area contributed by atoms with E-state index in [-0.39, 0.29) is 29.9 Å². The molecule has 1 fully saturated rings. The number of amides is 1. The minimum Gasteiger partial charge on any atom is -0.493 e. The van der Waals surface area contributed by atoms with Gasteiger partial charge in [-0.2, -0.15) is 4.31 Å². The summed E-state index contributed by atoms with van der Waals surface area (Å²) in [6.07, 6.45) is 8.18. The van der Waals surface area contributed by atoms with Crippen LogP contribution in [-0.2, 0) is 21.2 Å². The predicted molar refractivity (Wildman–Crippen MR) is 133 cm³/mol. The van der Waals surface area contributed by atoms with Crippen LogP contribution >= 0.6 is 0 Å². The van der Waals surface area contributed by atoms with Crippen molar-refractivity contribution in [3.05, 3.63) is 54.1 Å². The number of hydrogen-bond donors (Lipinski definition) is 1. The van der Waals surface area contributed by atoms with Gasteiger partial charge in [-0.05, 0) is 37.0 Å². The molecule has 3 rings (SSSR count). The van der Waals surface area contributed by atoms with Gasteiger partial charge in [-0.25, -0.2) is 8.42 Å². The van der Waals surface area contributed by atoms with E-state index in [1.807, 2.05) is 30.3 Å². The maximum absolute atomic E-state index is 13.6. The van der Waals surface area contributed by atoms with Crippen molar-refractivity contribution < 1.29 is 22.7 Å². The van der Waals surface area contributed by atoms with Gasteiger partial charge in [0.25, 0.3) is 0 Å². The molecule has 1 aliphatic carbocycles. The summed E-state index contributed by atoms with van der Waals surface area (Å²) in [5.74, 6) is 0.507. The number of sulfonamides is 1. The predicted octanol–water partition coefficient (Wildman–Crippen LogP) is 4.17. The molecule has 0 spiro atoms. The van der Waals surface area contributed by atoms with Gasteiger partial charge >= 0.3 is 0 Å². The average molecular weight is 489 g/mol. The highest BCUT2D eigenvalue weighted by molar-refractivity contribution is 7.89. The van der Waals surface area contributed by atoms with E-state index in [0.717, 1.165) is 31.2 Å². The van der Waals surface area contributed by atoms with Crippen LogP contribution in [0, 0.1) is 0 Å². The van der Waals surface area contributed by atoms with Crippen LogP contribution in [0.3, 0.4) is 0 Å². The van der Waals surface area contributed by atoms with E-state index in [1.165, 1.54) is 49.9 Å². The number of hydrogen-bond acceptors (Lipinski definition) is 5. The third-order valence-corrected chi connectivity index (χ3v) is 8.12. The van der Waals surface area contributed by atoms with Crippen LogP contribution in [0.2, 0.25) is 0 Å². The first kappa shape index (κ1) is 26.0. The zero-order valence-corrected chi connectivity index (χ0v) is 21.0. The maximum atomic E-state index is 13.6. The van der Waals surface area contributed by atoms with E-state index in [4.69, 9.17) is 9.47 Å². The quantitative estimate of drug-likeness (QED) is 0.543. The van der Waals surface area contributed by atoms with Gasteiger partial charge in [-0.3, -0.25) is 4.79 Å². The van der Waals surface area contributed by atoms with Crippen molar-refractivity contribution in [1.29, 1.82) is 0 Å². The van der Waals surface area contributed by atoms with Gasteiger partial charge in [0, 0.05) is 18.7 Å². The van der Waals surface area contributed by atoms with E-state index < -0.39 is 10.0 Å². The van der Waals surface area contributed by atoms with Gasteiger partial charge < -0.3 is 14.8 Å². The Kier molecular flexibility index (Phi) is 9.77. The second-order valence-corrected chi connectivity index (χ2v) is 10.6. The molecule has 1 N–H and O–H groups in total. The van der Waals surface area contributed by atoms with E-state index in [0.29, 0.717) is 17.9 Å². The summed E-state index contributed by atoms with van der Waals surface area (Å²) in [4.78, 5) is 13.0. The van der Waals surface area contributed by atoms with Crippen molar-refractivity contribution in [2.45, 2.75) is 62.3 Å². The maximum Gasteiger partial charge on any atom is 0.243 e. The molecule has 0 aromatic heterocycles. The molecule has 2 aromatic carbocycles. The normalized spacial score (nSPS) is 15.4. The molecule has 0 aliphatic heterocycles. The standard InChI is InChI=1S/C26H36N2O5S/c1-32-24-16-15-23(19-25(24)33-2)34(30,31)28(18-17-21-11-7-6-8-12-21)20-26(29)27-22-13-9-4-3-5-10-14-22/h6-8,11-12,15-16,19,22H,3-5,9-10,13-14,17-18,20H2,1-2H3,(H,27,29). The number of carbonyl (C=O) groups is 1. The van der Waals surface area contributed by atoms with Gasteiger partial charge in [0.05, 0.1) is 25.7 Å². The summed E-state index contributed by atoms with van der Waals surface area (Å²) in [5, 5.41) is 3.09. The molecular weight excluding hydrogens is 452 g/mol. The molecule has 8 heteroatoms. The lowest BCUT2D eigenvalue weighted by Crippen LogP contribution is -2.45. The summed E-state index contributed by atoms with van der Waals surface area (Å²) < 4.78 is 39.0. The Hall–Kier alpha value is -2.58. The highest BCUT2D eigenvalue weighted by atomic mass is 32.2. The molecule has 0 atom stereocenters. The second-order valence-electron chi connectivity index (χ2n) is 8.70. The van der Waals surface area contributed by atoms with Crippen molar-refractivity contribution in [1.82, 2.24) is 9.62 Å². The first-order valence-corrected chi connectivity index (χ1v) is 13.4. The van der Waals surface area contributed by atoms with Gasteiger partial charge in [0.15, 0.2) is 11.5 Å². The highest BCUT2D eigenvalue weighted by Gasteiger charge is 2.28. The fraction of sp³-hybridized carbons (Fsp3) is 0.500. The van der Waals surface area contributed by atoms with Crippen LogP contribution in [0.5, 0.6) is 11.5 Å². The van der Waals surface area contributed by atoms with Gasteiger partial charge in [-0.15, -0.1) is 0 Å². The SMILES string of the molecule is COc1ccc(S(=O)(=O)N(CCc2ccccc2)CC(=O)NC2CCCCCCC2)cc1OC. The minimum atomic E-state index is -3.94. The first-order chi connectivity index (χ1) is 16.4. The first-order valence-electron chi connectivity index (χ1n) is 12.0. The van der Waals surface area contributed by atoms with Crippen LogP contribution in [0.4, 0.5) is 0 Å². The molecule has 0 unspecified atom stereocenters. The van der Waals surface area contributed by atoms with Crippen molar-refractivity contribution in [2.24, 2.45) is 0 Å². The van der Waals surface area contributed by atoms with Crippen molar-refractivity contribution in [3.63, 3.8) is 0 Å². The van der Waals surface area contributed by atoms with Crippen molar-refractivity contribution >= 4 is 15.9 Å². The third kappa shape index (κ3) is 7.21. The Labute approximate surface area is 203 Å². The molecule has 186 valence electrons. The molecule has 1 aliphatic rings. The number of nitrogens with zero attached hydrogens (tertiary/aromatic N) is 1. The molecule has 0 saturated heterocycles. The number of methoxy groups -OCH3 is 2. The van der Waals surface area contributed by atoms with Crippen LogP contribution < -0.4 is 14.8 Å². The van der Waals surface area contributed by atoms with E-state index in [1.54, 1.807) is 6.07 Å². The number of benzene rings is 2. The largest absolute Gasteiger partial charge is 0.493 e. The summed E-state index contributed by atoms with van der Waals surface area (Å²) in [7, 11) is -0.981. The Morgan fingerprint density at radius 1 is 0.941 bits per heavy atom. The zero-order chi connectivity index (χ0) is 24.4. The number of nitrogens with one attached hydrogen (secondary N) is 1. The van der Waals surface area contributed by atoms with E-state index in [9.17, 15) is 13.2 Å². The van der Waals surface area contributed by atoms with Gasteiger partial charge in [0.2, 0.25) is 15.9 Å². The van der Waals surface area contributed by atoms with Crippen LogP contribution in [0.1, 0.15) is 50.5 Å². The summed E-state index contributed by atoms with van der Waals surface area (Å²) in [5.41, 5.74) is 1.01. The lowest BCUT2D eigenvalue weighted by Gasteiger charge is -2.25. The lowest BCUT2D eigenvalue weighted by atomic mass is 9.97. The molecule has 0 heterocycles. The lowest BCUT2D eigenvalue weighted by molar-refractivity contribution is -0.122. The summed E-state index contributed by atoms with van der Waals surface area (Å²) >= 11 is 0. The smallest absolute Gasteiger partial charge is 0.243 e. The number of carbonyl (C=O) groups excluding carboxylic acids is 1. The van der Waals surface area contributed by atoms with Crippen LogP contribution in [0.15, 0.2) is 53.4 Å². The number of ether oxygens (including phenoxy) is 2. The second kappa shape index (κ2) is 12.8. The Bertz CT molecular complexity index is 1020.